The normalized spacial score (nSPS) is 33.8. The maximum absolute atomic E-state index is 11.9. The molecule has 1 saturated heterocycles. The first kappa shape index (κ1) is 7.84. The minimum Gasteiger partial charge on any atom is -0.339 e. The summed E-state index contributed by atoms with van der Waals surface area (Å²) in [6.07, 6.45) is 7.60. The molecule has 72 valence electrons. The van der Waals surface area contributed by atoms with Crippen LogP contribution in [0.5, 0.6) is 0 Å². The Morgan fingerprint density at radius 3 is 2.46 bits per heavy atom. The molecule has 1 aliphatic heterocycles. The summed E-state index contributed by atoms with van der Waals surface area (Å²) in [5.74, 6) is 1.79. The Kier molecular flexibility index (Phi) is 1.64. The Morgan fingerprint density at radius 2 is 1.85 bits per heavy atom. The van der Waals surface area contributed by atoms with Gasteiger partial charge in [-0.05, 0) is 44.4 Å². The van der Waals surface area contributed by atoms with E-state index in [2.05, 4.69) is 4.90 Å². The second kappa shape index (κ2) is 2.73. The van der Waals surface area contributed by atoms with Crippen molar-refractivity contribution in [2.24, 2.45) is 11.8 Å². The quantitative estimate of drug-likeness (QED) is 0.633. The van der Waals surface area contributed by atoms with Crippen LogP contribution in [0.3, 0.4) is 0 Å². The minimum atomic E-state index is 0.430. The molecule has 1 heterocycles. The van der Waals surface area contributed by atoms with Crippen LogP contribution in [0.2, 0.25) is 0 Å². The molecule has 1 unspecified atom stereocenters. The van der Waals surface area contributed by atoms with Gasteiger partial charge in [0, 0.05) is 18.5 Å². The third-order valence-electron chi connectivity index (χ3n) is 3.68. The fraction of sp³-hybridized carbons (Fsp3) is 0.909. The molecule has 0 N–H and O–H groups in total. The van der Waals surface area contributed by atoms with Crippen molar-refractivity contribution in [3.63, 3.8) is 0 Å². The van der Waals surface area contributed by atoms with Gasteiger partial charge in [-0.1, -0.05) is 0 Å². The molecule has 13 heavy (non-hydrogen) atoms. The predicted octanol–water partition coefficient (Wildman–Crippen LogP) is 1.80. The number of carbonyl (C=O) groups is 1. The van der Waals surface area contributed by atoms with Gasteiger partial charge in [-0.3, -0.25) is 4.79 Å². The number of hydrogen-bond donors (Lipinski definition) is 0. The van der Waals surface area contributed by atoms with E-state index in [9.17, 15) is 4.79 Å². The first-order valence-corrected chi connectivity index (χ1v) is 5.67. The molecule has 0 aromatic heterocycles. The summed E-state index contributed by atoms with van der Waals surface area (Å²) in [6.45, 7) is 1.05. The molecular formula is C11H17NO. The average molecular weight is 179 g/mol. The zero-order valence-electron chi connectivity index (χ0n) is 8.04. The smallest absolute Gasteiger partial charge is 0.225 e. The first-order valence-electron chi connectivity index (χ1n) is 5.67. The Morgan fingerprint density at radius 1 is 1.08 bits per heavy atom. The number of nitrogens with zero attached hydrogens (tertiary/aromatic N) is 1. The molecule has 1 atom stereocenters. The molecule has 0 radical (unpaired) electrons. The van der Waals surface area contributed by atoms with Crippen molar-refractivity contribution in [3.05, 3.63) is 0 Å². The van der Waals surface area contributed by atoms with Crippen LogP contribution in [0.25, 0.3) is 0 Å². The van der Waals surface area contributed by atoms with Gasteiger partial charge < -0.3 is 4.90 Å². The highest BCUT2D eigenvalue weighted by atomic mass is 16.2. The predicted molar refractivity (Wildman–Crippen MR) is 50.2 cm³/mol. The molecule has 3 fully saturated rings. The van der Waals surface area contributed by atoms with E-state index < -0.39 is 0 Å². The molecule has 0 aromatic rings. The highest BCUT2D eigenvalue weighted by molar-refractivity contribution is 5.81. The van der Waals surface area contributed by atoms with E-state index in [1.54, 1.807) is 0 Å². The maximum atomic E-state index is 11.9. The third-order valence-corrected chi connectivity index (χ3v) is 3.68. The fourth-order valence-electron chi connectivity index (χ4n) is 2.60. The SMILES string of the molecule is O=C(C1CC1)N1CCCC1C1CC1. The lowest BCUT2D eigenvalue weighted by Crippen LogP contribution is -2.37. The van der Waals surface area contributed by atoms with Crippen LogP contribution in [0.1, 0.15) is 38.5 Å². The number of amides is 1. The van der Waals surface area contributed by atoms with E-state index in [4.69, 9.17) is 0 Å². The van der Waals surface area contributed by atoms with Crippen molar-refractivity contribution < 1.29 is 4.79 Å². The number of hydrogen-bond acceptors (Lipinski definition) is 1. The maximum Gasteiger partial charge on any atom is 0.225 e. The number of rotatable bonds is 2. The Balaban J connectivity index is 1.69. The lowest BCUT2D eigenvalue weighted by Gasteiger charge is -2.24. The summed E-state index contributed by atoms with van der Waals surface area (Å²) in [7, 11) is 0. The van der Waals surface area contributed by atoms with E-state index in [0.29, 0.717) is 17.9 Å². The lowest BCUT2D eigenvalue weighted by atomic mass is 10.1. The van der Waals surface area contributed by atoms with Crippen molar-refractivity contribution >= 4 is 5.91 Å². The van der Waals surface area contributed by atoms with Crippen molar-refractivity contribution in [1.29, 1.82) is 0 Å². The highest BCUT2D eigenvalue weighted by Gasteiger charge is 2.43. The minimum absolute atomic E-state index is 0.430. The van der Waals surface area contributed by atoms with E-state index in [1.807, 2.05) is 0 Å². The van der Waals surface area contributed by atoms with E-state index in [1.165, 1.54) is 25.7 Å². The van der Waals surface area contributed by atoms with Crippen molar-refractivity contribution in [2.75, 3.05) is 6.54 Å². The van der Waals surface area contributed by atoms with E-state index in [0.717, 1.165) is 25.3 Å². The average Bonchev–Trinajstić information content (AvgIpc) is 3.02. The highest BCUT2D eigenvalue weighted by Crippen LogP contribution is 2.42. The second-order valence-electron chi connectivity index (χ2n) is 4.85. The van der Waals surface area contributed by atoms with Gasteiger partial charge in [0.1, 0.15) is 0 Å². The summed E-state index contributed by atoms with van der Waals surface area (Å²) in [5, 5.41) is 0. The summed E-state index contributed by atoms with van der Waals surface area (Å²) >= 11 is 0. The zero-order chi connectivity index (χ0) is 8.84. The molecule has 0 bridgehead atoms. The van der Waals surface area contributed by atoms with Gasteiger partial charge in [0.25, 0.3) is 0 Å². The van der Waals surface area contributed by atoms with Crippen molar-refractivity contribution in [3.8, 4) is 0 Å². The Bertz CT molecular complexity index is 230. The van der Waals surface area contributed by atoms with Crippen LogP contribution in [0, 0.1) is 11.8 Å². The van der Waals surface area contributed by atoms with E-state index in [-0.39, 0.29) is 0 Å². The number of likely N-dealkylation sites (tertiary alicyclic amines) is 1. The van der Waals surface area contributed by atoms with Crippen molar-refractivity contribution in [1.82, 2.24) is 4.90 Å². The van der Waals surface area contributed by atoms with Gasteiger partial charge in [0.15, 0.2) is 0 Å². The first-order chi connectivity index (χ1) is 6.36. The topological polar surface area (TPSA) is 20.3 Å². The second-order valence-corrected chi connectivity index (χ2v) is 4.85. The fourth-order valence-corrected chi connectivity index (χ4v) is 2.60. The number of carbonyl (C=O) groups excluding carboxylic acids is 1. The molecular weight excluding hydrogens is 162 g/mol. The zero-order valence-corrected chi connectivity index (χ0v) is 8.04. The van der Waals surface area contributed by atoms with Gasteiger partial charge in [-0.2, -0.15) is 0 Å². The molecule has 0 spiro atoms. The van der Waals surface area contributed by atoms with Crippen LogP contribution >= 0.6 is 0 Å². The van der Waals surface area contributed by atoms with Crippen LogP contribution in [-0.4, -0.2) is 23.4 Å². The van der Waals surface area contributed by atoms with Gasteiger partial charge in [0.2, 0.25) is 5.91 Å². The molecule has 2 nitrogen and oxygen atoms in total. The van der Waals surface area contributed by atoms with Crippen LogP contribution < -0.4 is 0 Å². The molecule has 2 aliphatic carbocycles. The lowest BCUT2D eigenvalue weighted by molar-refractivity contribution is -0.133. The summed E-state index contributed by atoms with van der Waals surface area (Å²) < 4.78 is 0. The van der Waals surface area contributed by atoms with Gasteiger partial charge in [-0.25, -0.2) is 0 Å². The van der Waals surface area contributed by atoms with E-state index >= 15 is 0 Å². The summed E-state index contributed by atoms with van der Waals surface area (Å²) in [6, 6.07) is 0.646. The van der Waals surface area contributed by atoms with Gasteiger partial charge >= 0.3 is 0 Å². The monoisotopic (exact) mass is 179 g/mol. The van der Waals surface area contributed by atoms with Crippen molar-refractivity contribution in [2.45, 2.75) is 44.6 Å². The molecule has 0 aromatic carbocycles. The summed E-state index contributed by atoms with van der Waals surface area (Å²) in [5.41, 5.74) is 0. The molecule has 2 heteroatoms. The molecule has 1 amide bonds. The van der Waals surface area contributed by atoms with Crippen LogP contribution in [0.15, 0.2) is 0 Å². The molecule has 2 saturated carbocycles. The summed E-state index contributed by atoms with van der Waals surface area (Å²) in [4.78, 5) is 14.1. The van der Waals surface area contributed by atoms with Crippen LogP contribution in [0.4, 0.5) is 0 Å². The Labute approximate surface area is 79.3 Å². The Hall–Kier alpha value is -0.530. The molecule has 3 rings (SSSR count). The third kappa shape index (κ3) is 1.36. The standard InChI is InChI=1S/C11H17NO/c13-11(9-5-6-9)12-7-1-2-10(12)8-3-4-8/h8-10H,1-7H2. The largest absolute Gasteiger partial charge is 0.339 e. The molecule has 3 aliphatic rings. The van der Waals surface area contributed by atoms with Crippen LogP contribution in [-0.2, 0) is 4.79 Å². The van der Waals surface area contributed by atoms with Gasteiger partial charge in [0.05, 0.1) is 0 Å². The van der Waals surface area contributed by atoms with Gasteiger partial charge in [-0.15, -0.1) is 0 Å².